The van der Waals surface area contributed by atoms with Gasteiger partial charge >= 0.3 is 0 Å². The van der Waals surface area contributed by atoms with Crippen molar-refractivity contribution in [3.63, 3.8) is 0 Å². The molecule has 0 radical (unpaired) electrons. The number of hydrazone groups is 2. The summed E-state index contributed by atoms with van der Waals surface area (Å²) in [5, 5.41) is 9.73. The van der Waals surface area contributed by atoms with Gasteiger partial charge < -0.3 is 0 Å². The third kappa shape index (κ3) is 3.10. The van der Waals surface area contributed by atoms with E-state index in [0.29, 0.717) is 33.4 Å². The molecule has 0 unspecified atom stereocenters. The molecule has 154 valence electrons. The molecule has 0 saturated heterocycles. The summed E-state index contributed by atoms with van der Waals surface area (Å²) >= 11 is 0. The minimum Gasteiger partial charge on any atom is -0.267 e. The van der Waals surface area contributed by atoms with Crippen LogP contribution in [-0.4, -0.2) is 46.1 Å². The van der Waals surface area contributed by atoms with E-state index in [1.165, 1.54) is 12.4 Å². The Bertz CT molecular complexity index is 1180. The molecule has 0 aliphatic carbocycles. The van der Waals surface area contributed by atoms with Gasteiger partial charge in [0.1, 0.15) is 0 Å². The van der Waals surface area contributed by atoms with Crippen LogP contribution in [0.5, 0.6) is 0 Å². The largest absolute Gasteiger partial charge is 0.282 e. The van der Waals surface area contributed by atoms with Crippen LogP contribution in [0.25, 0.3) is 0 Å². The SMILES string of the molecule is O=C1c2ccccc2C(=O)N1/N=C\c1ccc(/C=N\N2C(=O)c3ccccc3C2=O)cc1. The molecule has 4 amide bonds. The number of amides is 4. The average Bonchev–Trinajstić information content (AvgIpc) is 3.22. The third-order valence-corrected chi connectivity index (χ3v) is 5.13. The molecule has 2 aliphatic heterocycles. The predicted molar refractivity (Wildman–Crippen MR) is 116 cm³/mol. The van der Waals surface area contributed by atoms with E-state index in [2.05, 4.69) is 10.2 Å². The number of carbonyl (C=O) groups excluding carboxylic acids is 4. The fraction of sp³-hybridized carbons (Fsp3) is 0. The molecule has 0 aromatic heterocycles. The minimum atomic E-state index is -0.466. The van der Waals surface area contributed by atoms with E-state index in [-0.39, 0.29) is 0 Å². The van der Waals surface area contributed by atoms with Crippen LogP contribution in [0, 0.1) is 0 Å². The maximum Gasteiger partial charge on any atom is 0.282 e. The molecule has 8 nitrogen and oxygen atoms in total. The van der Waals surface area contributed by atoms with Crippen LogP contribution in [-0.2, 0) is 0 Å². The monoisotopic (exact) mass is 422 g/mol. The maximum absolute atomic E-state index is 12.3. The first-order valence-corrected chi connectivity index (χ1v) is 9.68. The summed E-state index contributed by atoms with van der Waals surface area (Å²) in [4.78, 5) is 49.4. The molecule has 0 spiro atoms. The van der Waals surface area contributed by atoms with Crippen molar-refractivity contribution in [1.29, 1.82) is 0 Å². The van der Waals surface area contributed by atoms with Gasteiger partial charge in [-0.2, -0.15) is 20.2 Å². The Kier molecular flexibility index (Phi) is 4.52. The zero-order valence-electron chi connectivity index (χ0n) is 16.5. The van der Waals surface area contributed by atoms with Crippen molar-refractivity contribution in [2.75, 3.05) is 0 Å². The molecule has 0 atom stereocenters. The first-order chi connectivity index (χ1) is 15.5. The second-order valence-corrected chi connectivity index (χ2v) is 7.09. The Balaban J connectivity index is 1.29. The number of hydrogen-bond donors (Lipinski definition) is 0. The van der Waals surface area contributed by atoms with E-state index in [4.69, 9.17) is 0 Å². The summed E-state index contributed by atoms with van der Waals surface area (Å²) in [5.74, 6) is -1.86. The number of carbonyl (C=O) groups is 4. The summed E-state index contributed by atoms with van der Waals surface area (Å²) < 4.78 is 0. The Hall–Kier alpha value is -4.72. The number of hydrogen-bond acceptors (Lipinski definition) is 6. The van der Waals surface area contributed by atoms with Crippen LogP contribution >= 0.6 is 0 Å². The molecule has 32 heavy (non-hydrogen) atoms. The molecule has 2 heterocycles. The second-order valence-electron chi connectivity index (χ2n) is 7.09. The molecule has 8 heteroatoms. The zero-order valence-corrected chi connectivity index (χ0v) is 16.5. The topological polar surface area (TPSA) is 99.5 Å². The molecule has 0 saturated carbocycles. The lowest BCUT2D eigenvalue weighted by molar-refractivity contribution is 0.0644. The first-order valence-electron chi connectivity index (χ1n) is 9.68. The van der Waals surface area contributed by atoms with Crippen molar-refractivity contribution in [2.24, 2.45) is 10.2 Å². The quantitative estimate of drug-likeness (QED) is 0.477. The van der Waals surface area contributed by atoms with Crippen LogP contribution in [0.4, 0.5) is 0 Å². The molecule has 0 N–H and O–H groups in total. The van der Waals surface area contributed by atoms with Crippen LogP contribution in [0.1, 0.15) is 52.6 Å². The maximum atomic E-state index is 12.3. The normalized spacial score (nSPS) is 15.4. The van der Waals surface area contributed by atoms with Gasteiger partial charge in [-0.05, 0) is 35.4 Å². The van der Waals surface area contributed by atoms with Crippen molar-refractivity contribution >= 4 is 36.1 Å². The molecule has 2 aliphatic rings. The molecule has 5 rings (SSSR count). The molecular weight excluding hydrogens is 408 g/mol. The van der Waals surface area contributed by atoms with E-state index in [9.17, 15) is 19.2 Å². The third-order valence-electron chi connectivity index (χ3n) is 5.13. The highest BCUT2D eigenvalue weighted by Crippen LogP contribution is 2.23. The summed E-state index contributed by atoms with van der Waals surface area (Å²) in [6.07, 6.45) is 2.82. The van der Waals surface area contributed by atoms with Crippen molar-refractivity contribution in [1.82, 2.24) is 10.0 Å². The summed E-state index contributed by atoms with van der Waals surface area (Å²) in [7, 11) is 0. The number of nitrogens with zero attached hydrogens (tertiary/aromatic N) is 4. The number of imide groups is 2. The molecule has 3 aromatic rings. The number of benzene rings is 3. The van der Waals surface area contributed by atoms with E-state index in [1.807, 2.05) is 0 Å². The Morgan fingerprint density at radius 1 is 0.469 bits per heavy atom. The highest BCUT2D eigenvalue weighted by molar-refractivity contribution is 6.22. The Morgan fingerprint density at radius 2 is 0.750 bits per heavy atom. The lowest BCUT2D eigenvalue weighted by Crippen LogP contribution is -2.24. The van der Waals surface area contributed by atoms with Gasteiger partial charge in [0.15, 0.2) is 0 Å². The van der Waals surface area contributed by atoms with Gasteiger partial charge in [0.25, 0.3) is 23.6 Å². The average molecular weight is 422 g/mol. The van der Waals surface area contributed by atoms with Gasteiger partial charge in [0.05, 0.1) is 34.7 Å². The molecule has 0 fully saturated rings. The minimum absolute atomic E-state index is 0.328. The van der Waals surface area contributed by atoms with Crippen LogP contribution in [0.15, 0.2) is 83.0 Å². The summed E-state index contributed by atoms with van der Waals surface area (Å²) in [5.41, 5.74) is 2.62. The summed E-state index contributed by atoms with van der Waals surface area (Å²) in [6, 6.07) is 20.0. The first kappa shape index (κ1) is 19.3. The van der Waals surface area contributed by atoms with Gasteiger partial charge in [-0.15, -0.1) is 0 Å². The molecular formula is C24H14N4O4. The van der Waals surface area contributed by atoms with Crippen molar-refractivity contribution < 1.29 is 19.2 Å². The summed E-state index contributed by atoms with van der Waals surface area (Å²) in [6.45, 7) is 0. The van der Waals surface area contributed by atoms with Crippen LogP contribution in [0.2, 0.25) is 0 Å². The van der Waals surface area contributed by atoms with Crippen LogP contribution < -0.4 is 0 Å². The van der Waals surface area contributed by atoms with Gasteiger partial charge in [0, 0.05) is 0 Å². The van der Waals surface area contributed by atoms with Crippen LogP contribution in [0.3, 0.4) is 0 Å². The lowest BCUT2D eigenvalue weighted by atomic mass is 10.1. The second kappa shape index (κ2) is 7.51. The highest BCUT2D eigenvalue weighted by Gasteiger charge is 2.36. The van der Waals surface area contributed by atoms with Crippen molar-refractivity contribution in [2.45, 2.75) is 0 Å². The van der Waals surface area contributed by atoms with E-state index < -0.39 is 23.6 Å². The predicted octanol–water partition coefficient (Wildman–Crippen LogP) is 2.95. The van der Waals surface area contributed by atoms with Gasteiger partial charge in [-0.3, -0.25) is 19.2 Å². The highest BCUT2D eigenvalue weighted by atomic mass is 16.2. The standard InChI is InChI=1S/C24H14N4O4/c29-21-17-5-1-2-6-18(17)22(30)27(21)25-13-15-9-11-16(12-10-15)14-26-28-23(31)19-7-3-4-8-20(19)24(28)32/h1-14H/b25-13-,26-14-. The smallest absolute Gasteiger partial charge is 0.267 e. The number of fused-ring (bicyclic) bond motifs is 2. The van der Waals surface area contributed by atoms with Gasteiger partial charge in [-0.1, -0.05) is 48.5 Å². The number of rotatable bonds is 4. The van der Waals surface area contributed by atoms with Gasteiger partial charge in [0.2, 0.25) is 0 Å². The fourth-order valence-corrected chi connectivity index (χ4v) is 3.48. The lowest BCUT2D eigenvalue weighted by Gasteiger charge is -2.06. The zero-order chi connectivity index (χ0) is 22.2. The van der Waals surface area contributed by atoms with E-state index in [0.717, 1.165) is 10.0 Å². The van der Waals surface area contributed by atoms with Gasteiger partial charge in [-0.25, -0.2) is 0 Å². The van der Waals surface area contributed by atoms with E-state index >= 15 is 0 Å². The van der Waals surface area contributed by atoms with Crippen molar-refractivity contribution in [3.8, 4) is 0 Å². The van der Waals surface area contributed by atoms with Crippen molar-refractivity contribution in [3.05, 3.63) is 106 Å². The molecule has 0 bridgehead atoms. The molecule has 3 aromatic carbocycles. The Labute approximate surface area is 182 Å². The Morgan fingerprint density at radius 3 is 1.03 bits per heavy atom. The van der Waals surface area contributed by atoms with E-state index in [1.54, 1.807) is 72.8 Å². The fourth-order valence-electron chi connectivity index (χ4n) is 3.48.